The minimum atomic E-state index is -4.76. The van der Waals surface area contributed by atoms with Gasteiger partial charge in [-0.15, -0.1) is 0 Å². The number of alkyl halides is 3. The van der Waals surface area contributed by atoms with Crippen LogP contribution < -0.4 is 5.32 Å². The number of rotatable bonds is 3. The van der Waals surface area contributed by atoms with Crippen molar-refractivity contribution in [3.05, 3.63) is 29.3 Å². The molecule has 0 spiro atoms. The fraction of sp³-hybridized carbons (Fsp3) is 0.222. The molecule has 0 saturated heterocycles. The molecule has 0 fully saturated rings. The number of halogens is 6. The average molecular weight is 338 g/mol. The molecule has 20 heavy (non-hydrogen) atoms. The minimum absolute atomic E-state index is 0.207. The third-order valence-corrected chi connectivity index (χ3v) is 3.28. The maximum atomic E-state index is 13.6. The van der Waals surface area contributed by atoms with Crippen LogP contribution in [0.5, 0.6) is 0 Å². The fourth-order valence-electron chi connectivity index (χ4n) is 1.18. The van der Waals surface area contributed by atoms with Gasteiger partial charge in [-0.2, -0.15) is 13.2 Å². The predicted molar refractivity (Wildman–Crippen MR) is 57.8 cm³/mol. The molecule has 0 saturated carbocycles. The third kappa shape index (κ3) is 4.30. The highest BCUT2D eigenvalue weighted by atomic mass is 35.7. The second-order valence-electron chi connectivity index (χ2n) is 3.50. The van der Waals surface area contributed by atoms with Gasteiger partial charge in [0, 0.05) is 10.7 Å². The summed E-state index contributed by atoms with van der Waals surface area (Å²) in [6.07, 6.45) is -4.76. The predicted octanol–water partition coefficient (Wildman–Crippen LogP) is 2.18. The number of carbonyl (C=O) groups is 1. The molecule has 0 aliphatic rings. The first-order chi connectivity index (χ1) is 8.92. The van der Waals surface area contributed by atoms with E-state index in [0.717, 1.165) is 0 Å². The van der Waals surface area contributed by atoms with Crippen LogP contribution in [-0.2, 0) is 9.05 Å². The van der Waals surface area contributed by atoms with Crippen LogP contribution in [0.4, 0.5) is 22.0 Å². The Kier molecular flexibility index (Phi) is 4.59. The van der Waals surface area contributed by atoms with E-state index in [0.29, 0.717) is 0 Å². The normalized spacial score (nSPS) is 12.3. The smallest absolute Gasteiger partial charge is 0.343 e. The molecule has 0 radical (unpaired) electrons. The molecule has 1 aromatic carbocycles. The largest absolute Gasteiger partial charge is 0.405 e. The summed E-state index contributed by atoms with van der Waals surface area (Å²) in [6.45, 7) is -1.79. The van der Waals surface area contributed by atoms with Crippen molar-refractivity contribution in [3.63, 3.8) is 0 Å². The molecule has 112 valence electrons. The zero-order valence-electron chi connectivity index (χ0n) is 9.26. The monoisotopic (exact) mass is 337 g/mol. The summed E-state index contributed by atoms with van der Waals surface area (Å²) in [4.78, 5) is 9.95. The van der Waals surface area contributed by atoms with E-state index in [1.165, 1.54) is 5.32 Å². The van der Waals surface area contributed by atoms with E-state index in [2.05, 4.69) is 0 Å². The Morgan fingerprint density at radius 1 is 1.25 bits per heavy atom. The summed E-state index contributed by atoms with van der Waals surface area (Å²) in [5.74, 6) is -4.70. The molecular weight excluding hydrogens is 333 g/mol. The first kappa shape index (κ1) is 16.6. The highest BCUT2D eigenvalue weighted by molar-refractivity contribution is 8.13. The van der Waals surface area contributed by atoms with Crippen LogP contribution in [0.15, 0.2) is 17.0 Å². The van der Waals surface area contributed by atoms with Crippen LogP contribution >= 0.6 is 10.7 Å². The molecule has 1 rings (SSSR count). The lowest BCUT2D eigenvalue weighted by atomic mass is 10.2. The highest BCUT2D eigenvalue weighted by Crippen LogP contribution is 2.23. The average Bonchev–Trinajstić information content (AvgIpc) is 2.26. The van der Waals surface area contributed by atoms with Gasteiger partial charge in [0.25, 0.3) is 15.0 Å². The van der Waals surface area contributed by atoms with Gasteiger partial charge in [-0.3, -0.25) is 4.79 Å². The van der Waals surface area contributed by atoms with Gasteiger partial charge in [0.05, 0.1) is 5.56 Å². The molecule has 11 heteroatoms. The van der Waals surface area contributed by atoms with E-state index in [-0.39, 0.29) is 12.1 Å². The van der Waals surface area contributed by atoms with E-state index in [1.54, 1.807) is 0 Å². The topological polar surface area (TPSA) is 63.2 Å². The Hall–Kier alpha value is -1.42. The van der Waals surface area contributed by atoms with Crippen molar-refractivity contribution in [3.8, 4) is 0 Å². The second-order valence-corrected chi connectivity index (χ2v) is 6.04. The Morgan fingerprint density at radius 3 is 2.25 bits per heavy atom. The zero-order chi connectivity index (χ0) is 15.7. The quantitative estimate of drug-likeness (QED) is 0.679. The number of amides is 1. The van der Waals surface area contributed by atoms with Crippen LogP contribution in [0.1, 0.15) is 10.4 Å². The Morgan fingerprint density at radius 2 is 1.80 bits per heavy atom. The Labute approximate surface area is 113 Å². The van der Waals surface area contributed by atoms with Gasteiger partial charge in [0.2, 0.25) is 0 Å². The molecule has 1 aromatic rings. The molecular formula is C9H5ClF5NO3S. The van der Waals surface area contributed by atoms with Gasteiger partial charge in [-0.05, 0) is 12.1 Å². The molecule has 0 unspecified atom stereocenters. The van der Waals surface area contributed by atoms with Crippen LogP contribution in [0.25, 0.3) is 0 Å². The molecule has 0 aromatic heterocycles. The van der Waals surface area contributed by atoms with E-state index in [9.17, 15) is 35.2 Å². The van der Waals surface area contributed by atoms with E-state index in [1.807, 2.05) is 0 Å². The van der Waals surface area contributed by atoms with Crippen LogP contribution in [0.3, 0.4) is 0 Å². The van der Waals surface area contributed by atoms with Crippen molar-refractivity contribution in [1.29, 1.82) is 0 Å². The Balaban J connectivity index is 3.20. The SMILES string of the molecule is O=C(NCC(F)(F)F)c1cc(F)cc(S(=O)(=O)Cl)c1F. The molecule has 0 atom stereocenters. The third-order valence-electron chi connectivity index (χ3n) is 1.96. The lowest BCUT2D eigenvalue weighted by Gasteiger charge is -2.10. The Bertz CT molecular complexity index is 644. The standard InChI is InChI=1S/C9H5ClF5NO3S/c10-20(18,19)6-2-4(11)1-5(7(6)12)8(17)16-3-9(13,14)15/h1-2H,3H2,(H,16,17). The van der Waals surface area contributed by atoms with Crippen molar-refractivity contribution < 1.29 is 35.2 Å². The molecule has 0 heterocycles. The maximum Gasteiger partial charge on any atom is 0.405 e. The molecule has 0 aliphatic carbocycles. The molecule has 4 nitrogen and oxygen atoms in total. The van der Waals surface area contributed by atoms with Crippen molar-refractivity contribution in [2.75, 3.05) is 6.54 Å². The zero-order valence-corrected chi connectivity index (χ0v) is 10.8. The van der Waals surface area contributed by atoms with E-state index >= 15 is 0 Å². The number of benzene rings is 1. The molecule has 1 amide bonds. The highest BCUT2D eigenvalue weighted by Gasteiger charge is 2.30. The molecule has 0 bridgehead atoms. The summed E-state index contributed by atoms with van der Waals surface area (Å²) >= 11 is 0. The van der Waals surface area contributed by atoms with Crippen molar-refractivity contribution in [1.82, 2.24) is 5.32 Å². The summed E-state index contributed by atoms with van der Waals surface area (Å²) in [5.41, 5.74) is -1.20. The first-order valence-corrected chi connectivity index (χ1v) is 7.01. The van der Waals surface area contributed by atoms with Gasteiger partial charge in [0.1, 0.15) is 17.3 Å². The number of hydrogen-bond donors (Lipinski definition) is 1. The van der Waals surface area contributed by atoms with Gasteiger partial charge in [-0.1, -0.05) is 0 Å². The van der Waals surface area contributed by atoms with Gasteiger partial charge >= 0.3 is 6.18 Å². The van der Waals surface area contributed by atoms with Crippen molar-refractivity contribution in [2.24, 2.45) is 0 Å². The lowest BCUT2D eigenvalue weighted by molar-refractivity contribution is -0.123. The first-order valence-electron chi connectivity index (χ1n) is 4.70. The summed E-state index contributed by atoms with van der Waals surface area (Å²) < 4.78 is 84.3. The van der Waals surface area contributed by atoms with Crippen LogP contribution in [-0.4, -0.2) is 27.0 Å². The van der Waals surface area contributed by atoms with Gasteiger partial charge in [0.15, 0.2) is 5.82 Å². The van der Waals surface area contributed by atoms with Gasteiger partial charge < -0.3 is 5.32 Å². The van der Waals surface area contributed by atoms with E-state index in [4.69, 9.17) is 10.7 Å². The minimum Gasteiger partial charge on any atom is -0.343 e. The van der Waals surface area contributed by atoms with E-state index < -0.39 is 49.8 Å². The van der Waals surface area contributed by atoms with Crippen molar-refractivity contribution in [2.45, 2.75) is 11.1 Å². The molecule has 0 aliphatic heterocycles. The number of hydrogen-bond acceptors (Lipinski definition) is 3. The molecule has 1 N–H and O–H groups in total. The van der Waals surface area contributed by atoms with Crippen LogP contribution in [0.2, 0.25) is 0 Å². The number of nitrogens with one attached hydrogen (secondary N) is 1. The summed E-state index contributed by atoms with van der Waals surface area (Å²) in [5, 5.41) is 1.28. The second kappa shape index (κ2) is 5.52. The number of carbonyl (C=O) groups excluding carboxylic acids is 1. The maximum absolute atomic E-state index is 13.6. The lowest BCUT2D eigenvalue weighted by Crippen LogP contribution is -2.34. The summed E-state index contributed by atoms with van der Waals surface area (Å²) in [7, 11) is 0.116. The van der Waals surface area contributed by atoms with Crippen LogP contribution in [0, 0.1) is 11.6 Å². The van der Waals surface area contributed by atoms with Crippen molar-refractivity contribution >= 4 is 25.6 Å². The fourth-order valence-corrected chi connectivity index (χ4v) is 2.10. The summed E-state index contributed by atoms with van der Waals surface area (Å²) in [6, 6.07) is 0.463. The van der Waals surface area contributed by atoms with Gasteiger partial charge in [-0.25, -0.2) is 17.2 Å².